The average molecular weight is 399 g/mol. The summed E-state index contributed by atoms with van der Waals surface area (Å²) in [7, 11) is 0. The van der Waals surface area contributed by atoms with Crippen LogP contribution in [0, 0.1) is 0 Å². The Morgan fingerprint density at radius 3 is 1.45 bits per heavy atom. The number of hydrogen-bond acceptors (Lipinski definition) is 0. The van der Waals surface area contributed by atoms with Crippen LogP contribution in [0.4, 0.5) is 0 Å². The Morgan fingerprint density at radius 2 is 1.10 bits per heavy atom. The van der Waals surface area contributed by atoms with Crippen molar-refractivity contribution in [1.82, 2.24) is 0 Å². The fourth-order valence-electron chi connectivity index (χ4n) is 5.72. The van der Waals surface area contributed by atoms with Crippen molar-refractivity contribution >= 4 is 17.2 Å². The molecule has 2 aromatic carbocycles. The van der Waals surface area contributed by atoms with Gasteiger partial charge in [-0.3, -0.25) is 0 Å². The first-order valence-corrected chi connectivity index (χ1v) is 13.2. The summed E-state index contributed by atoms with van der Waals surface area (Å²) in [4.78, 5) is 0. The molecule has 0 N–H and O–H groups in total. The van der Waals surface area contributed by atoms with E-state index in [2.05, 4.69) is 129 Å². The third kappa shape index (κ3) is 2.70. The first-order chi connectivity index (χ1) is 14.3. The van der Waals surface area contributed by atoms with Crippen LogP contribution in [0.1, 0.15) is 26.7 Å². The second kappa shape index (κ2) is 8.13. The summed E-state index contributed by atoms with van der Waals surface area (Å²) in [6.07, 6.45) is 23.5. The van der Waals surface area contributed by atoms with Crippen molar-refractivity contribution in [2.24, 2.45) is 0 Å². The summed E-state index contributed by atoms with van der Waals surface area (Å²) in [5, 5.41) is 4.61. The van der Waals surface area contributed by atoms with E-state index in [1.807, 2.05) is 0 Å². The standard InChI is InChI=1S/C28H31P/c1-3-15-24(4-2)29(27-20-11-12-21-27,28-22-13-14-23-28,25-16-7-5-8-17-25)26-18-9-6-10-19-26/h5-23,27-28H,3-4H2,1-2H3. The van der Waals surface area contributed by atoms with Crippen molar-refractivity contribution in [1.29, 1.82) is 0 Å². The van der Waals surface area contributed by atoms with E-state index in [1.54, 1.807) is 5.31 Å². The molecule has 148 valence electrons. The first kappa shape index (κ1) is 19.9. The molecule has 2 aromatic rings. The van der Waals surface area contributed by atoms with Crippen LogP contribution >= 0.6 is 6.60 Å². The zero-order valence-electron chi connectivity index (χ0n) is 17.5. The molecular formula is C28H31P. The van der Waals surface area contributed by atoms with Gasteiger partial charge in [-0.15, -0.1) is 0 Å². The molecule has 0 radical (unpaired) electrons. The Morgan fingerprint density at radius 1 is 0.690 bits per heavy atom. The van der Waals surface area contributed by atoms with Crippen LogP contribution in [0.2, 0.25) is 0 Å². The molecule has 1 heteroatoms. The number of allylic oxidation sites excluding steroid dienone is 10. The monoisotopic (exact) mass is 398 g/mol. The van der Waals surface area contributed by atoms with E-state index in [0.717, 1.165) is 12.8 Å². The number of rotatable bonds is 7. The van der Waals surface area contributed by atoms with Gasteiger partial charge in [0.25, 0.3) is 0 Å². The fourth-order valence-corrected chi connectivity index (χ4v) is 13.9. The molecule has 0 spiro atoms. The van der Waals surface area contributed by atoms with Crippen LogP contribution in [-0.4, -0.2) is 11.3 Å². The van der Waals surface area contributed by atoms with Gasteiger partial charge in [-0.1, -0.05) is 0 Å². The molecule has 0 aromatic heterocycles. The van der Waals surface area contributed by atoms with Crippen molar-refractivity contribution in [3.05, 3.63) is 121 Å². The molecule has 29 heavy (non-hydrogen) atoms. The summed E-state index contributed by atoms with van der Waals surface area (Å²) in [5.41, 5.74) is 0.724. The molecule has 4 rings (SSSR count). The topological polar surface area (TPSA) is 0 Å². The summed E-state index contributed by atoms with van der Waals surface area (Å²) in [6, 6.07) is 22.8. The van der Waals surface area contributed by atoms with Crippen LogP contribution in [0.3, 0.4) is 0 Å². The van der Waals surface area contributed by atoms with Gasteiger partial charge in [0, 0.05) is 0 Å². The maximum atomic E-state index is 2.54. The van der Waals surface area contributed by atoms with E-state index in [9.17, 15) is 0 Å². The van der Waals surface area contributed by atoms with Crippen LogP contribution < -0.4 is 10.6 Å². The van der Waals surface area contributed by atoms with Crippen LogP contribution in [-0.2, 0) is 0 Å². The summed E-state index contributed by atoms with van der Waals surface area (Å²) >= 11 is 0. The van der Waals surface area contributed by atoms with Gasteiger partial charge in [-0.05, 0) is 0 Å². The molecule has 0 atom stereocenters. The zero-order valence-corrected chi connectivity index (χ0v) is 18.4. The maximum absolute atomic E-state index is 2.90. The Hall–Kier alpha value is -2.43. The normalized spacial score (nSPS) is 18.4. The Bertz CT molecular complexity index is 894. The van der Waals surface area contributed by atoms with Gasteiger partial charge in [0.05, 0.1) is 0 Å². The van der Waals surface area contributed by atoms with E-state index < -0.39 is 6.60 Å². The molecule has 0 aliphatic heterocycles. The van der Waals surface area contributed by atoms with Gasteiger partial charge in [0.15, 0.2) is 0 Å². The second-order valence-corrected chi connectivity index (χ2v) is 13.2. The summed E-state index contributed by atoms with van der Waals surface area (Å²) in [5.74, 6) is 0. The third-order valence-corrected chi connectivity index (χ3v) is 14.5. The third-order valence-electron chi connectivity index (χ3n) is 6.74. The minimum atomic E-state index is -2.90. The molecule has 0 amide bonds. The predicted molar refractivity (Wildman–Crippen MR) is 132 cm³/mol. The van der Waals surface area contributed by atoms with E-state index in [1.165, 1.54) is 10.6 Å². The molecule has 0 fully saturated rings. The minimum absolute atomic E-state index is 0.362. The van der Waals surface area contributed by atoms with Gasteiger partial charge < -0.3 is 0 Å². The van der Waals surface area contributed by atoms with Crippen molar-refractivity contribution < 1.29 is 0 Å². The van der Waals surface area contributed by atoms with E-state index >= 15 is 0 Å². The second-order valence-electron chi connectivity index (χ2n) is 7.91. The predicted octanol–water partition coefficient (Wildman–Crippen LogP) is 6.88. The molecule has 0 saturated carbocycles. The van der Waals surface area contributed by atoms with Gasteiger partial charge in [0.2, 0.25) is 0 Å². The van der Waals surface area contributed by atoms with Crippen LogP contribution in [0.25, 0.3) is 0 Å². The molecule has 2 aliphatic rings. The Kier molecular flexibility index (Phi) is 5.57. The first-order valence-electron chi connectivity index (χ1n) is 10.8. The fraction of sp³-hybridized carbons (Fsp3) is 0.214. The molecule has 0 nitrogen and oxygen atoms in total. The van der Waals surface area contributed by atoms with E-state index in [4.69, 9.17) is 0 Å². The molecule has 0 bridgehead atoms. The SMILES string of the molecule is CCC=C(CC)P(c1ccccc1)(c1ccccc1)(C1C=CC=C1)C1C=CC=C1. The molecular weight excluding hydrogens is 367 g/mol. The molecule has 2 aliphatic carbocycles. The van der Waals surface area contributed by atoms with Gasteiger partial charge in [-0.25, -0.2) is 0 Å². The van der Waals surface area contributed by atoms with Gasteiger partial charge in [0.1, 0.15) is 0 Å². The summed E-state index contributed by atoms with van der Waals surface area (Å²) in [6.45, 7) is 1.73. The van der Waals surface area contributed by atoms with Crippen molar-refractivity contribution in [3.8, 4) is 0 Å². The van der Waals surface area contributed by atoms with E-state index in [-0.39, 0.29) is 0 Å². The van der Waals surface area contributed by atoms with Gasteiger partial charge >= 0.3 is 176 Å². The quantitative estimate of drug-likeness (QED) is 0.446. The van der Waals surface area contributed by atoms with Crippen LogP contribution in [0.5, 0.6) is 0 Å². The summed E-state index contributed by atoms with van der Waals surface area (Å²) < 4.78 is 0. The zero-order chi connectivity index (χ0) is 20.2. The molecule has 0 heterocycles. The molecule has 0 unspecified atom stereocenters. The average Bonchev–Trinajstić information content (AvgIpc) is 3.51. The Balaban J connectivity index is 2.27. The number of benzene rings is 2. The van der Waals surface area contributed by atoms with Crippen molar-refractivity contribution in [2.75, 3.05) is 0 Å². The molecule has 0 saturated heterocycles. The number of hydrogen-bond donors (Lipinski definition) is 0. The van der Waals surface area contributed by atoms with Crippen molar-refractivity contribution in [2.45, 2.75) is 38.0 Å². The Labute approximate surface area is 176 Å². The van der Waals surface area contributed by atoms with E-state index in [0.29, 0.717) is 11.3 Å². The van der Waals surface area contributed by atoms with Crippen LogP contribution in [0.15, 0.2) is 121 Å². The van der Waals surface area contributed by atoms with Crippen molar-refractivity contribution in [3.63, 3.8) is 0 Å². The van der Waals surface area contributed by atoms with Gasteiger partial charge in [-0.2, -0.15) is 0 Å².